The van der Waals surface area contributed by atoms with Gasteiger partial charge in [-0.3, -0.25) is 9.59 Å². The molecule has 0 aliphatic rings. The molecule has 0 saturated heterocycles. The molecule has 0 spiro atoms. The van der Waals surface area contributed by atoms with Crippen LogP contribution in [0.4, 0.5) is 0 Å². The molecule has 0 heterocycles. The van der Waals surface area contributed by atoms with Gasteiger partial charge in [-0.2, -0.15) is 0 Å². The van der Waals surface area contributed by atoms with Gasteiger partial charge in [0.15, 0.2) is 0 Å². The van der Waals surface area contributed by atoms with Crippen molar-refractivity contribution in [2.24, 2.45) is 0 Å². The van der Waals surface area contributed by atoms with Crippen LogP contribution in [0.25, 0.3) is 0 Å². The number of carbonyl (C=O) groups is 2. The molecule has 0 fully saturated rings. The molecule has 60 heavy (non-hydrogen) atoms. The predicted octanol–water partition coefficient (Wildman–Crippen LogP) is 15.2. The Morgan fingerprint density at radius 3 is 1.33 bits per heavy atom. The zero-order chi connectivity index (χ0) is 43.7. The van der Waals surface area contributed by atoms with E-state index in [1.807, 2.05) is 6.08 Å². The van der Waals surface area contributed by atoms with E-state index in [-0.39, 0.29) is 18.5 Å². The van der Waals surface area contributed by atoms with Gasteiger partial charge in [0.2, 0.25) is 5.91 Å². The highest BCUT2D eigenvalue weighted by Gasteiger charge is 2.18. The molecule has 348 valence electrons. The fourth-order valence-electron chi connectivity index (χ4n) is 7.33. The number of nitrogens with one attached hydrogen (secondary N) is 1. The second kappa shape index (κ2) is 49.2. The van der Waals surface area contributed by atoms with Crippen molar-refractivity contribution >= 4 is 11.9 Å². The quantitative estimate of drug-likeness (QED) is 0.0322. The van der Waals surface area contributed by atoms with Gasteiger partial charge >= 0.3 is 5.97 Å². The van der Waals surface area contributed by atoms with Gasteiger partial charge in [0.1, 0.15) is 0 Å². The minimum absolute atomic E-state index is 0.0527. The summed E-state index contributed by atoms with van der Waals surface area (Å²) < 4.78 is 5.39. The summed E-state index contributed by atoms with van der Waals surface area (Å²) in [6.07, 6.45) is 62.5. The second-order valence-electron chi connectivity index (χ2n) is 17.1. The van der Waals surface area contributed by atoms with Crippen molar-refractivity contribution in [3.05, 3.63) is 60.8 Å². The third-order valence-electron chi connectivity index (χ3n) is 11.3. The molecule has 3 N–H and O–H groups in total. The molecule has 0 aromatic heterocycles. The van der Waals surface area contributed by atoms with E-state index in [0.29, 0.717) is 19.4 Å². The van der Waals surface area contributed by atoms with Crippen LogP contribution in [0.15, 0.2) is 60.8 Å². The lowest BCUT2D eigenvalue weighted by atomic mass is 10.0. The normalized spacial score (nSPS) is 13.2. The molecule has 0 rings (SSSR count). The molecule has 6 heteroatoms. The maximum Gasteiger partial charge on any atom is 0.305 e. The number of hydrogen-bond acceptors (Lipinski definition) is 5. The van der Waals surface area contributed by atoms with Gasteiger partial charge in [0, 0.05) is 12.8 Å². The Balaban J connectivity index is 3.48. The number of amides is 1. The summed E-state index contributed by atoms with van der Waals surface area (Å²) in [4.78, 5) is 24.3. The van der Waals surface area contributed by atoms with Gasteiger partial charge in [-0.05, 0) is 77.0 Å². The van der Waals surface area contributed by atoms with Crippen LogP contribution in [0.3, 0.4) is 0 Å². The van der Waals surface area contributed by atoms with Crippen LogP contribution >= 0.6 is 0 Å². The molecule has 0 bridgehead atoms. The smallest absolute Gasteiger partial charge is 0.305 e. The van der Waals surface area contributed by atoms with E-state index in [9.17, 15) is 19.8 Å². The van der Waals surface area contributed by atoms with Crippen LogP contribution in [0, 0.1) is 0 Å². The molecular weight excluding hydrogens is 743 g/mol. The fraction of sp³-hybridized carbons (Fsp3) is 0.778. The number of unbranched alkanes of at least 4 members (excludes halogenated alkanes) is 27. The largest absolute Gasteiger partial charge is 0.465 e. The number of rotatable bonds is 46. The Bertz CT molecular complexity index is 1060. The Morgan fingerprint density at radius 1 is 0.467 bits per heavy atom. The highest BCUT2D eigenvalue weighted by molar-refractivity contribution is 5.76. The standard InChI is InChI=1S/C54H97NO5/c1-3-5-7-9-11-13-14-24-28-32-36-40-44-48-54(59)60-49-45-41-37-33-29-26-23-21-19-17-15-16-18-20-22-25-27-31-35-39-43-47-53(58)55-51(50-56)52(57)46-42-38-34-30-12-10-8-6-4-2/h7,9,13-14,26,29,37,41-42,46,51-52,56-57H,3-6,8,10-12,15-25,27-28,30-36,38-40,43-45,47-50H2,1-2H3,(H,55,58)/b9-7-,14-13-,29-26-,41-37-,46-42+. The third-order valence-corrected chi connectivity index (χ3v) is 11.3. The van der Waals surface area contributed by atoms with Crippen molar-refractivity contribution in [2.75, 3.05) is 13.2 Å². The second-order valence-corrected chi connectivity index (χ2v) is 17.1. The van der Waals surface area contributed by atoms with Crippen LogP contribution in [-0.4, -0.2) is 47.4 Å². The summed E-state index contributed by atoms with van der Waals surface area (Å²) in [5.74, 6) is -0.130. The van der Waals surface area contributed by atoms with E-state index in [2.05, 4.69) is 67.8 Å². The monoisotopic (exact) mass is 840 g/mol. The number of allylic oxidation sites excluding steroid dienone is 8. The maximum atomic E-state index is 12.4. The number of aliphatic hydroxyl groups excluding tert-OH is 2. The Labute approximate surface area is 371 Å². The molecule has 0 aromatic carbocycles. The molecular formula is C54H97NO5. The first-order valence-corrected chi connectivity index (χ1v) is 25.6. The van der Waals surface area contributed by atoms with Crippen molar-refractivity contribution in [1.29, 1.82) is 0 Å². The molecule has 1 amide bonds. The average Bonchev–Trinajstić information content (AvgIpc) is 3.25. The van der Waals surface area contributed by atoms with Gasteiger partial charge in [-0.25, -0.2) is 0 Å². The van der Waals surface area contributed by atoms with Crippen LogP contribution in [0.5, 0.6) is 0 Å². The highest BCUT2D eigenvalue weighted by atomic mass is 16.5. The van der Waals surface area contributed by atoms with Gasteiger partial charge in [-0.15, -0.1) is 0 Å². The number of aliphatic hydroxyl groups is 2. The van der Waals surface area contributed by atoms with Gasteiger partial charge in [-0.1, -0.05) is 216 Å². The van der Waals surface area contributed by atoms with E-state index >= 15 is 0 Å². The Morgan fingerprint density at radius 2 is 0.867 bits per heavy atom. The van der Waals surface area contributed by atoms with Gasteiger partial charge in [0.05, 0.1) is 25.4 Å². The molecule has 0 saturated carbocycles. The van der Waals surface area contributed by atoms with E-state index in [4.69, 9.17) is 4.74 Å². The highest BCUT2D eigenvalue weighted by Crippen LogP contribution is 2.15. The van der Waals surface area contributed by atoms with Crippen LogP contribution in [0.1, 0.15) is 245 Å². The maximum absolute atomic E-state index is 12.4. The molecule has 0 aliphatic heterocycles. The Kier molecular flexibility index (Phi) is 47.2. The van der Waals surface area contributed by atoms with E-state index in [1.54, 1.807) is 6.08 Å². The third kappa shape index (κ3) is 45.1. The van der Waals surface area contributed by atoms with Crippen molar-refractivity contribution in [2.45, 2.75) is 257 Å². The topological polar surface area (TPSA) is 95.9 Å². The number of hydrogen-bond donors (Lipinski definition) is 3. The van der Waals surface area contributed by atoms with E-state index in [1.165, 1.54) is 148 Å². The van der Waals surface area contributed by atoms with Crippen molar-refractivity contribution in [3.63, 3.8) is 0 Å². The molecule has 0 radical (unpaired) electrons. The lowest BCUT2D eigenvalue weighted by molar-refractivity contribution is -0.143. The van der Waals surface area contributed by atoms with Crippen molar-refractivity contribution < 1.29 is 24.5 Å². The number of ether oxygens (including phenoxy) is 1. The lowest BCUT2D eigenvalue weighted by Gasteiger charge is -2.20. The lowest BCUT2D eigenvalue weighted by Crippen LogP contribution is -2.45. The zero-order valence-corrected chi connectivity index (χ0v) is 39.4. The minimum Gasteiger partial charge on any atom is -0.465 e. The van der Waals surface area contributed by atoms with Crippen LogP contribution in [0.2, 0.25) is 0 Å². The first-order chi connectivity index (χ1) is 29.5. The van der Waals surface area contributed by atoms with E-state index in [0.717, 1.165) is 70.6 Å². The Hall–Kier alpha value is -2.44. The zero-order valence-electron chi connectivity index (χ0n) is 39.4. The number of esters is 1. The van der Waals surface area contributed by atoms with Crippen molar-refractivity contribution in [3.8, 4) is 0 Å². The molecule has 2 unspecified atom stereocenters. The summed E-state index contributed by atoms with van der Waals surface area (Å²) in [6.45, 7) is 4.68. The molecule has 0 aromatic rings. The predicted molar refractivity (Wildman–Crippen MR) is 259 cm³/mol. The van der Waals surface area contributed by atoms with Crippen molar-refractivity contribution in [1.82, 2.24) is 5.32 Å². The first kappa shape index (κ1) is 57.6. The average molecular weight is 840 g/mol. The van der Waals surface area contributed by atoms with Crippen LogP contribution in [-0.2, 0) is 14.3 Å². The summed E-state index contributed by atoms with van der Waals surface area (Å²) in [5, 5.41) is 22.9. The van der Waals surface area contributed by atoms with Crippen LogP contribution < -0.4 is 5.32 Å². The summed E-state index contributed by atoms with van der Waals surface area (Å²) in [5.41, 5.74) is 0. The SMILES string of the molecule is CCC/C=C\C/C=C\CCCCCCCC(=O)OCC/C=C\C/C=C\CCCCCCCCCCCCCCCCC(=O)NC(CO)C(O)/C=C/CCCCCCCCC. The summed E-state index contributed by atoms with van der Waals surface area (Å²) >= 11 is 0. The summed E-state index contributed by atoms with van der Waals surface area (Å²) in [6, 6.07) is -0.631. The number of carbonyl (C=O) groups excluding carboxylic acids is 2. The minimum atomic E-state index is -0.846. The molecule has 0 aliphatic carbocycles. The summed E-state index contributed by atoms with van der Waals surface area (Å²) in [7, 11) is 0. The van der Waals surface area contributed by atoms with Gasteiger partial charge < -0.3 is 20.3 Å². The van der Waals surface area contributed by atoms with Gasteiger partial charge in [0.25, 0.3) is 0 Å². The first-order valence-electron chi connectivity index (χ1n) is 25.6. The van der Waals surface area contributed by atoms with E-state index < -0.39 is 12.1 Å². The fourth-order valence-corrected chi connectivity index (χ4v) is 7.33. The molecule has 2 atom stereocenters. The molecule has 6 nitrogen and oxygen atoms in total.